The third-order valence-corrected chi connectivity index (χ3v) is 7.01. The van der Waals surface area contributed by atoms with Crippen molar-refractivity contribution in [1.29, 1.82) is 0 Å². The van der Waals surface area contributed by atoms with Gasteiger partial charge in [0.05, 0.1) is 12.2 Å². The summed E-state index contributed by atoms with van der Waals surface area (Å²) in [6, 6.07) is 2.51. The summed E-state index contributed by atoms with van der Waals surface area (Å²) in [4.78, 5) is 12.6. The highest BCUT2D eigenvalue weighted by Gasteiger charge is 2.33. The van der Waals surface area contributed by atoms with Crippen LogP contribution in [0.5, 0.6) is 11.5 Å². The van der Waals surface area contributed by atoms with Crippen molar-refractivity contribution in [2.24, 2.45) is 23.7 Å². The molecular formula is C27H36F2O3. The van der Waals surface area contributed by atoms with E-state index in [0.717, 1.165) is 37.5 Å². The van der Waals surface area contributed by atoms with Crippen LogP contribution in [-0.2, 0) is 4.79 Å². The lowest BCUT2D eigenvalue weighted by Gasteiger charge is -2.36. The molecule has 1 aromatic carbocycles. The van der Waals surface area contributed by atoms with Crippen molar-refractivity contribution in [2.75, 3.05) is 0 Å². The van der Waals surface area contributed by atoms with Gasteiger partial charge in [-0.2, -0.15) is 8.78 Å². The van der Waals surface area contributed by atoms with E-state index in [1.54, 1.807) is 13.0 Å². The standard InChI is InChI=1S/C27H36F2O3/c1-3-5-6-7-19-8-10-20(11-9-19)21-12-14-22(15-13-21)27(30)32-24-17-16-23(31-18-4-2)25(28)26(24)29/h4,6-7,16-22H,3,5,8-15H2,1-2H3. The number of halogens is 2. The third kappa shape index (κ3) is 6.43. The average Bonchev–Trinajstić information content (AvgIpc) is 2.82. The van der Waals surface area contributed by atoms with E-state index in [2.05, 4.69) is 19.1 Å². The van der Waals surface area contributed by atoms with E-state index < -0.39 is 17.6 Å². The number of carbonyl (C=O) groups excluding carboxylic acids is 1. The SMILES string of the molecule is CC=COc1ccc(OC(=O)C2CCC(C3CCC(C=CCCC)CC3)CC2)c(F)c1F. The van der Waals surface area contributed by atoms with E-state index in [1.807, 2.05) is 0 Å². The third-order valence-electron chi connectivity index (χ3n) is 7.01. The second kappa shape index (κ2) is 12.2. The van der Waals surface area contributed by atoms with E-state index in [4.69, 9.17) is 9.47 Å². The molecule has 0 N–H and O–H groups in total. The number of esters is 1. The summed E-state index contributed by atoms with van der Waals surface area (Å²) >= 11 is 0. The molecule has 1 aromatic rings. The lowest BCUT2D eigenvalue weighted by Crippen LogP contribution is -2.30. The highest BCUT2D eigenvalue weighted by Crippen LogP contribution is 2.42. The van der Waals surface area contributed by atoms with Gasteiger partial charge in [0.15, 0.2) is 11.5 Å². The van der Waals surface area contributed by atoms with Gasteiger partial charge in [-0.05, 0) is 94.6 Å². The van der Waals surface area contributed by atoms with Gasteiger partial charge < -0.3 is 9.47 Å². The maximum Gasteiger partial charge on any atom is 0.314 e. The summed E-state index contributed by atoms with van der Waals surface area (Å²) in [5.74, 6) is -1.54. The average molecular weight is 447 g/mol. The first-order valence-corrected chi connectivity index (χ1v) is 12.2. The molecule has 0 saturated heterocycles. The van der Waals surface area contributed by atoms with Gasteiger partial charge in [-0.3, -0.25) is 4.79 Å². The molecule has 2 aliphatic carbocycles. The lowest BCUT2D eigenvalue weighted by molar-refractivity contribution is -0.140. The smallest absolute Gasteiger partial charge is 0.314 e. The van der Waals surface area contributed by atoms with E-state index in [1.165, 1.54) is 56.9 Å². The Morgan fingerprint density at radius 2 is 1.56 bits per heavy atom. The zero-order chi connectivity index (χ0) is 22.9. The van der Waals surface area contributed by atoms with Crippen LogP contribution in [0.3, 0.4) is 0 Å². The minimum atomic E-state index is -1.20. The van der Waals surface area contributed by atoms with Gasteiger partial charge in [0.2, 0.25) is 11.6 Å². The topological polar surface area (TPSA) is 35.5 Å². The molecule has 3 nitrogen and oxygen atoms in total. The van der Waals surface area contributed by atoms with Crippen LogP contribution in [0.2, 0.25) is 0 Å². The second-order valence-corrected chi connectivity index (χ2v) is 9.20. The Morgan fingerprint density at radius 3 is 2.19 bits per heavy atom. The number of hydrogen-bond donors (Lipinski definition) is 0. The summed E-state index contributed by atoms with van der Waals surface area (Å²) in [6.07, 6.45) is 18.6. The molecule has 0 radical (unpaired) electrons. The first kappa shape index (κ1) is 24.5. The predicted molar refractivity (Wildman–Crippen MR) is 122 cm³/mol. The van der Waals surface area contributed by atoms with Crippen LogP contribution < -0.4 is 9.47 Å². The minimum Gasteiger partial charge on any atom is -0.462 e. The van der Waals surface area contributed by atoms with Crippen LogP contribution in [0.1, 0.15) is 78.1 Å². The number of benzene rings is 1. The van der Waals surface area contributed by atoms with Crippen molar-refractivity contribution in [1.82, 2.24) is 0 Å². The molecule has 2 aliphatic rings. The summed E-state index contributed by atoms with van der Waals surface area (Å²) in [5, 5.41) is 0. The minimum absolute atomic E-state index is 0.239. The number of allylic oxidation sites excluding steroid dienone is 3. The molecule has 0 unspecified atom stereocenters. The molecule has 0 amide bonds. The van der Waals surface area contributed by atoms with Gasteiger partial charge in [-0.25, -0.2) is 0 Å². The number of hydrogen-bond acceptors (Lipinski definition) is 3. The van der Waals surface area contributed by atoms with Crippen molar-refractivity contribution in [3.63, 3.8) is 0 Å². The Kier molecular flexibility index (Phi) is 9.31. The summed E-state index contributed by atoms with van der Waals surface area (Å²) < 4.78 is 38.6. The highest BCUT2D eigenvalue weighted by molar-refractivity contribution is 5.75. The van der Waals surface area contributed by atoms with Crippen LogP contribution in [0.25, 0.3) is 0 Å². The predicted octanol–water partition coefficient (Wildman–Crippen LogP) is 7.75. The summed E-state index contributed by atoms with van der Waals surface area (Å²) in [6.45, 7) is 3.91. The van der Waals surface area contributed by atoms with Gasteiger partial charge in [-0.15, -0.1) is 0 Å². The molecule has 2 saturated carbocycles. The fourth-order valence-electron chi connectivity index (χ4n) is 5.11. The molecule has 176 valence electrons. The van der Waals surface area contributed by atoms with Crippen LogP contribution >= 0.6 is 0 Å². The maximum absolute atomic E-state index is 14.3. The summed E-state index contributed by atoms with van der Waals surface area (Å²) in [5.41, 5.74) is 0. The van der Waals surface area contributed by atoms with Crippen LogP contribution in [0.4, 0.5) is 8.78 Å². The van der Waals surface area contributed by atoms with Gasteiger partial charge in [0, 0.05) is 0 Å². The molecular weight excluding hydrogens is 410 g/mol. The number of ether oxygens (including phenoxy) is 2. The molecule has 5 heteroatoms. The van der Waals surface area contributed by atoms with E-state index in [0.29, 0.717) is 5.92 Å². The largest absolute Gasteiger partial charge is 0.462 e. The molecule has 0 heterocycles. The van der Waals surface area contributed by atoms with E-state index >= 15 is 0 Å². The number of unbranched alkanes of at least 4 members (excludes halogenated alkanes) is 1. The second-order valence-electron chi connectivity index (χ2n) is 9.20. The van der Waals surface area contributed by atoms with Crippen LogP contribution in [0.15, 0.2) is 36.6 Å². The fraction of sp³-hybridized carbons (Fsp3) is 0.593. The van der Waals surface area contributed by atoms with Crippen molar-refractivity contribution < 1.29 is 23.0 Å². The van der Waals surface area contributed by atoms with Gasteiger partial charge in [-0.1, -0.05) is 31.6 Å². The molecule has 3 rings (SSSR count). The van der Waals surface area contributed by atoms with Gasteiger partial charge >= 0.3 is 5.97 Å². The Bertz CT molecular complexity index is 801. The molecule has 32 heavy (non-hydrogen) atoms. The first-order chi connectivity index (χ1) is 15.5. The summed E-state index contributed by atoms with van der Waals surface area (Å²) in [7, 11) is 0. The Morgan fingerprint density at radius 1 is 0.969 bits per heavy atom. The van der Waals surface area contributed by atoms with Crippen molar-refractivity contribution in [2.45, 2.75) is 78.1 Å². The molecule has 0 aliphatic heterocycles. The van der Waals surface area contributed by atoms with Crippen LogP contribution in [0, 0.1) is 35.3 Å². The molecule has 0 atom stereocenters. The zero-order valence-electron chi connectivity index (χ0n) is 19.3. The zero-order valence-corrected chi connectivity index (χ0v) is 19.3. The number of rotatable bonds is 8. The quantitative estimate of drug-likeness (QED) is 0.177. The Labute approximate surface area is 190 Å². The first-order valence-electron chi connectivity index (χ1n) is 12.2. The van der Waals surface area contributed by atoms with Crippen molar-refractivity contribution >= 4 is 5.97 Å². The monoisotopic (exact) mass is 446 g/mol. The molecule has 0 spiro atoms. The highest BCUT2D eigenvalue weighted by atomic mass is 19.2. The van der Waals surface area contributed by atoms with E-state index in [-0.39, 0.29) is 17.4 Å². The lowest BCUT2D eigenvalue weighted by atomic mass is 9.69. The Balaban J connectivity index is 1.46. The fourth-order valence-corrected chi connectivity index (χ4v) is 5.11. The normalized spacial score (nSPS) is 26.5. The van der Waals surface area contributed by atoms with Crippen molar-refractivity contribution in [3.05, 3.63) is 48.3 Å². The Hall–Kier alpha value is -2.17. The maximum atomic E-state index is 14.3. The number of carbonyl (C=O) groups is 1. The molecule has 0 bridgehead atoms. The van der Waals surface area contributed by atoms with Crippen molar-refractivity contribution in [3.8, 4) is 11.5 Å². The van der Waals surface area contributed by atoms with Gasteiger partial charge in [0.25, 0.3) is 0 Å². The van der Waals surface area contributed by atoms with Crippen LogP contribution in [-0.4, -0.2) is 5.97 Å². The molecule has 2 fully saturated rings. The van der Waals surface area contributed by atoms with E-state index in [9.17, 15) is 13.6 Å². The van der Waals surface area contributed by atoms with Gasteiger partial charge in [0.1, 0.15) is 0 Å². The molecule has 0 aromatic heterocycles.